The highest BCUT2D eigenvalue weighted by atomic mass is 35.5. The van der Waals surface area contributed by atoms with Gasteiger partial charge in [0.25, 0.3) is 11.6 Å². The molecule has 0 aromatic carbocycles. The Morgan fingerprint density at radius 2 is 2.14 bits per heavy atom. The number of pyridine rings is 2. The van der Waals surface area contributed by atoms with Gasteiger partial charge in [0, 0.05) is 18.3 Å². The van der Waals surface area contributed by atoms with Crippen molar-refractivity contribution in [3.05, 3.63) is 63.7 Å². The van der Waals surface area contributed by atoms with Gasteiger partial charge in [-0.2, -0.15) is 0 Å². The van der Waals surface area contributed by atoms with Crippen LogP contribution in [-0.2, 0) is 6.54 Å². The third-order valence-corrected chi connectivity index (χ3v) is 4.82. The molecule has 3 rings (SSSR count). The summed E-state index contributed by atoms with van der Waals surface area (Å²) in [5.41, 5.74) is 1.38. The fourth-order valence-electron chi connectivity index (χ4n) is 3.34. The number of nitrogens with zero attached hydrogens (tertiary/aromatic N) is 4. The monoisotopic (exact) mass is 405 g/mol. The van der Waals surface area contributed by atoms with E-state index in [4.69, 9.17) is 0 Å². The number of nitrogens with one attached hydrogen (secondary N) is 1. The Bertz CT molecular complexity index is 810. The summed E-state index contributed by atoms with van der Waals surface area (Å²) in [6, 6.07) is 6.98. The van der Waals surface area contributed by atoms with Crippen molar-refractivity contribution in [1.82, 2.24) is 20.2 Å². The van der Waals surface area contributed by atoms with Gasteiger partial charge < -0.3 is 10.2 Å². The Balaban J connectivity index is 0.00000280. The van der Waals surface area contributed by atoms with Gasteiger partial charge in [-0.15, -0.1) is 12.4 Å². The zero-order chi connectivity index (χ0) is 19.2. The van der Waals surface area contributed by atoms with Crippen molar-refractivity contribution in [2.45, 2.75) is 38.8 Å². The minimum absolute atomic E-state index is 0. The lowest BCUT2D eigenvalue weighted by atomic mass is 10.0. The molecule has 1 fully saturated rings. The van der Waals surface area contributed by atoms with Crippen molar-refractivity contribution < 1.29 is 9.72 Å². The minimum atomic E-state index is -0.526. The molecule has 0 saturated carbocycles. The lowest BCUT2D eigenvalue weighted by molar-refractivity contribution is -0.385. The Morgan fingerprint density at radius 1 is 1.32 bits per heavy atom. The third-order valence-electron chi connectivity index (χ3n) is 4.82. The molecule has 2 aromatic rings. The summed E-state index contributed by atoms with van der Waals surface area (Å²) in [5, 5.41) is 14.5. The number of halogens is 1. The van der Waals surface area contributed by atoms with Crippen LogP contribution >= 0.6 is 12.4 Å². The number of amides is 1. The maximum Gasteiger partial charge on any atom is 0.288 e. The molecule has 0 bridgehead atoms. The zero-order valence-electron chi connectivity index (χ0n) is 15.7. The SMILES string of the molecule is Cc1ncc([N+](=O)[O-])cc1C(=O)N(Cc1ccccn1)C1CCCNCC1.Cl. The van der Waals surface area contributed by atoms with Gasteiger partial charge in [0.2, 0.25) is 0 Å². The van der Waals surface area contributed by atoms with E-state index in [2.05, 4.69) is 15.3 Å². The molecule has 1 atom stereocenters. The maximum atomic E-state index is 13.4. The number of aromatic nitrogens is 2. The van der Waals surface area contributed by atoms with Gasteiger partial charge in [0.1, 0.15) is 6.20 Å². The first-order valence-electron chi connectivity index (χ1n) is 9.09. The lowest BCUT2D eigenvalue weighted by Crippen LogP contribution is -2.41. The summed E-state index contributed by atoms with van der Waals surface area (Å²) in [6.45, 7) is 3.83. The largest absolute Gasteiger partial charge is 0.330 e. The summed E-state index contributed by atoms with van der Waals surface area (Å²) in [7, 11) is 0. The van der Waals surface area contributed by atoms with E-state index in [9.17, 15) is 14.9 Å². The fraction of sp³-hybridized carbons (Fsp3) is 0.421. The number of carbonyl (C=O) groups excluding carboxylic acids is 1. The molecule has 1 saturated heterocycles. The quantitative estimate of drug-likeness (QED) is 0.606. The van der Waals surface area contributed by atoms with Crippen LogP contribution < -0.4 is 5.32 Å². The standard InChI is InChI=1S/C19H23N5O3.ClH/c1-14-18(11-17(12-22-14)24(26)27)19(25)23(13-15-5-2-3-9-21-15)16-6-4-8-20-10-7-16;/h2-3,5,9,11-12,16,20H,4,6-8,10,13H2,1H3;1H. The Kier molecular flexibility index (Phi) is 7.83. The lowest BCUT2D eigenvalue weighted by Gasteiger charge is -2.31. The third kappa shape index (κ3) is 5.24. The van der Waals surface area contributed by atoms with E-state index in [0.29, 0.717) is 12.2 Å². The van der Waals surface area contributed by atoms with E-state index in [-0.39, 0.29) is 35.6 Å². The van der Waals surface area contributed by atoms with Crippen molar-refractivity contribution in [1.29, 1.82) is 0 Å². The second-order valence-corrected chi connectivity index (χ2v) is 6.67. The van der Waals surface area contributed by atoms with Gasteiger partial charge in [-0.3, -0.25) is 24.9 Å². The maximum absolute atomic E-state index is 13.4. The molecule has 150 valence electrons. The highest BCUT2D eigenvalue weighted by Gasteiger charge is 2.28. The molecule has 9 heteroatoms. The molecular weight excluding hydrogens is 382 g/mol. The molecule has 28 heavy (non-hydrogen) atoms. The highest BCUT2D eigenvalue weighted by Crippen LogP contribution is 2.22. The van der Waals surface area contributed by atoms with E-state index in [0.717, 1.165) is 38.0 Å². The topological polar surface area (TPSA) is 101 Å². The first-order chi connectivity index (χ1) is 13.1. The summed E-state index contributed by atoms with van der Waals surface area (Å²) >= 11 is 0. The number of carbonyl (C=O) groups is 1. The molecular formula is C19H24ClN5O3. The van der Waals surface area contributed by atoms with Crippen LogP contribution in [0.4, 0.5) is 5.69 Å². The molecule has 1 N–H and O–H groups in total. The number of rotatable bonds is 5. The van der Waals surface area contributed by atoms with Crippen molar-refractivity contribution in [3.63, 3.8) is 0 Å². The Morgan fingerprint density at radius 3 is 2.86 bits per heavy atom. The first-order valence-corrected chi connectivity index (χ1v) is 9.09. The molecule has 0 radical (unpaired) electrons. The van der Waals surface area contributed by atoms with Crippen molar-refractivity contribution in [2.75, 3.05) is 13.1 Å². The van der Waals surface area contributed by atoms with Crippen molar-refractivity contribution >= 4 is 24.0 Å². The van der Waals surface area contributed by atoms with Crippen molar-refractivity contribution in [3.8, 4) is 0 Å². The molecule has 1 aliphatic rings. The molecule has 3 heterocycles. The van der Waals surface area contributed by atoms with Gasteiger partial charge in [0.15, 0.2) is 0 Å². The minimum Gasteiger partial charge on any atom is -0.330 e. The smallest absolute Gasteiger partial charge is 0.288 e. The number of aryl methyl sites for hydroxylation is 1. The second kappa shape index (κ2) is 10.1. The summed E-state index contributed by atoms with van der Waals surface area (Å²) in [6.07, 6.45) is 5.58. The van der Waals surface area contributed by atoms with Crippen LogP contribution in [0.3, 0.4) is 0 Å². The van der Waals surface area contributed by atoms with Crippen LogP contribution in [0, 0.1) is 17.0 Å². The van der Waals surface area contributed by atoms with Gasteiger partial charge in [-0.25, -0.2) is 0 Å². The highest BCUT2D eigenvalue weighted by molar-refractivity contribution is 5.96. The Labute approximate surface area is 169 Å². The summed E-state index contributed by atoms with van der Waals surface area (Å²) in [5.74, 6) is -0.235. The van der Waals surface area contributed by atoms with Crippen molar-refractivity contribution in [2.24, 2.45) is 0 Å². The predicted octanol–water partition coefficient (Wildman–Crippen LogP) is 2.90. The van der Waals surface area contributed by atoms with Crippen LogP contribution in [0.2, 0.25) is 0 Å². The van der Waals surface area contributed by atoms with Crippen LogP contribution in [0.5, 0.6) is 0 Å². The van der Waals surface area contributed by atoms with Crippen LogP contribution in [-0.4, -0.2) is 44.8 Å². The molecule has 2 aromatic heterocycles. The van der Waals surface area contributed by atoms with E-state index in [1.54, 1.807) is 18.0 Å². The number of hydrogen-bond acceptors (Lipinski definition) is 6. The zero-order valence-corrected chi connectivity index (χ0v) is 16.5. The average molecular weight is 406 g/mol. The van der Waals surface area contributed by atoms with E-state index >= 15 is 0 Å². The van der Waals surface area contributed by atoms with E-state index < -0.39 is 4.92 Å². The Hall–Kier alpha value is -2.58. The normalized spacial score (nSPS) is 16.5. The molecule has 1 amide bonds. The molecule has 8 nitrogen and oxygen atoms in total. The first kappa shape index (κ1) is 21.7. The van der Waals surface area contributed by atoms with Gasteiger partial charge in [-0.1, -0.05) is 6.07 Å². The van der Waals surface area contributed by atoms with Gasteiger partial charge in [0.05, 0.1) is 28.4 Å². The molecule has 0 aliphatic carbocycles. The van der Waals surface area contributed by atoms with E-state index in [1.165, 1.54) is 12.3 Å². The summed E-state index contributed by atoms with van der Waals surface area (Å²) < 4.78 is 0. The molecule has 1 aliphatic heterocycles. The van der Waals surface area contributed by atoms with Crippen LogP contribution in [0.25, 0.3) is 0 Å². The predicted molar refractivity (Wildman–Crippen MR) is 107 cm³/mol. The van der Waals surface area contributed by atoms with Gasteiger partial charge >= 0.3 is 0 Å². The number of hydrogen-bond donors (Lipinski definition) is 1. The summed E-state index contributed by atoms with van der Waals surface area (Å²) in [4.78, 5) is 34.2. The van der Waals surface area contributed by atoms with E-state index in [1.807, 2.05) is 18.2 Å². The van der Waals surface area contributed by atoms with Crippen LogP contribution in [0.15, 0.2) is 36.7 Å². The second-order valence-electron chi connectivity index (χ2n) is 6.67. The molecule has 1 unspecified atom stereocenters. The molecule has 0 spiro atoms. The fourth-order valence-corrected chi connectivity index (χ4v) is 3.34. The number of nitro groups is 1. The van der Waals surface area contributed by atoms with Gasteiger partial charge in [-0.05, 0) is 51.4 Å². The van der Waals surface area contributed by atoms with Crippen LogP contribution in [0.1, 0.15) is 41.0 Å². The average Bonchev–Trinajstić information content (AvgIpc) is 2.96.